The SMILES string of the molecule is COc1cc(O)ccc1-c1nccn1-c1ccc2c(c1)C(=O)NCC2. The number of aromatic hydroxyl groups is 1. The van der Waals surface area contributed by atoms with Crippen molar-refractivity contribution in [1.29, 1.82) is 0 Å². The quantitative estimate of drug-likeness (QED) is 0.771. The van der Waals surface area contributed by atoms with Crippen molar-refractivity contribution >= 4 is 5.91 Å². The van der Waals surface area contributed by atoms with Gasteiger partial charge in [0.15, 0.2) is 0 Å². The third-order valence-electron chi connectivity index (χ3n) is 4.36. The number of carbonyl (C=O) groups is 1. The Hall–Kier alpha value is -3.28. The molecule has 25 heavy (non-hydrogen) atoms. The molecule has 126 valence electrons. The summed E-state index contributed by atoms with van der Waals surface area (Å²) in [6, 6.07) is 10.8. The molecule has 0 bridgehead atoms. The molecule has 2 heterocycles. The van der Waals surface area contributed by atoms with Gasteiger partial charge in [-0.3, -0.25) is 9.36 Å². The van der Waals surface area contributed by atoms with Gasteiger partial charge < -0.3 is 15.2 Å². The lowest BCUT2D eigenvalue weighted by Crippen LogP contribution is -2.31. The molecule has 6 nitrogen and oxygen atoms in total. The van der Waals surface area contributed by atoms with Crippen LogP contribution in [0.25, 0.3) is 17.1 Å². The van der Waals surface area contributed by atoms with Crippen molar-refractivity contribution in [2.24, 2.45) is 0 Å². The fourth-order valence-electron chi connectivity index (χ4n) is 3.13. The molecule has 0 unspecified atom stereocenters. The zero-order valence-corrected chi connectivity index (χ0v) is 13.7. The smallest absolute Gasteiger partial charge is 0.251 e. The van der Waals surface area contributed by atoms with E-state index >= 15 is 0 Å². The van der Waals surface area contributed by atoms with Crippen LogP contribution in [0.5, 0.6) is 11.5 Å². The molecule has 6 heteroatoms. The number of hydrogen-bond donors (Lipinski definition) is 2. The predicted octanol–water partition coefficient (Wildman–Crippen LogP) is 2.54. The summed E-state index contributed by atoms with van der Waals surface area (Å²) >= 11 is 0. The molecule has 0 fully saturated rings. The van der Waals surface area contributed by atoms with Gasteiger partial charge in [-0.15, -0.1) is 0 Å². The molecule has 0 radical (unpaired) electrons. The maximum Gasteiger partial charge on any atom is 0.251 e. The molecular formula is C19H17N3O3. The van der Waals surface area contributed by atoms with Crippen molar-refractivity contribution in [1.82, 2.24) is 14.9 Å². The number of ether oxygens (including phenoxy) is 1. The molecule has 1 aliphatic rings. The summed E-state index contributed by atoms with van der Waals surface area (Å²) in [5.41, 5.74) is 3.35. The van der Waals surface area contributed by atoms with Crippen molar-refractivity contribution < 1.29 is 14.6 Å². The monoisotopic (exact) mass is 335 g/mol. The average Bonchev–Trinajstić information content (AvgIpc) is 3.11. The Morgan fingerprint density at radius 2 is 2.08 bits per heavy atom. The predicted molar refractivity (Wildman–Crippen MR) is 93.3 cm³/mol. The Morgan fingerprint density at radius 1 is 1.20 bits per heavy atom. The number of benzene rings is 2. The van der Waals surface area contributed by atoms with Gasteiger partial charge in [0.1, 0.15) is 17.3 Å². The standard InChI is InChI=1S/C19H17N3O3/c1-25-17-11-14(23)4-5-15(17)18-20-8-9-22(18)13-3-2-12-6-7-21-19(24)16(12)10-13/h2-5,8-11,23H,6-7H2,1H3,(H,21,24). The minimum absolute atomic E-state index is 0.0491. The number of amides is 1. The van der Waals surface area contributed by atoms with Crippen LogP contribution in [-0.2, 0) is 6.42 Å². The summed E-state index contributed by atoms with van der Waals surface area (Å²) in [6.45, 7) is 0.673. The normalized spacial score (nSPS) is 13.2. The molecule has 0 saturated carbocycles. The molecular weight excluding hydrogens is 318 g/mol. The van der Waals surface area contributed by atoms with Gasteiger partial charge in [0.2, 0.25) is 0 Å². The summed E-state index contributed by atoms with van der Waals surface area (Å²) in [4.78, 5) is 16.5. The lowest BCUT2D eigenvalue weighted by Gasteiger charge is -2.18. The average molecular weight is 335 g/mol. The van der Waals surface area contributed by atoms with E-state index in [1.807, 2.05) is 29.0 Å². The Morgan fingerprint density at radius 3 is 2.92 bits per heavy atom. The number of carbonyl (C=O) groups excluding carboxylic acids is 1. The Balaban J connectivity index is 1.83. The first-order chi connectivity index (χ1) is 12.2. The Labute approximate surface area is 144 Å². The largest absolute Gasteiger partial charge is 0.508 e. The van der Waals surface area contributed by atoms with Gasteiger partial charge >= 0.3 is 0 Å². The molecule has 0 saturated heterocycles. The topological polar surface area (TPSA) is 76.4 Å². The van der Waals surface area contributed by atoms with Gasteiger partial charge in [-0.2, -0.15) is 0 Å². The number of methoxy groups -OCH3 is 1. The van der Waals surface area contributed by atoms with E-state index in [0.29, 0.717) is 23.7 Å². The van der Waals surface area contributed by atoms with Crippen LogP contribution in [0.2, 0.25) is 0 Å². The zero-order chi connectivity index (χ0) is 17.4. The summed E-state index contributed by atoms with van der Waals surface area (Å²) in [6.07, 6.45) is 4.37. The Kier molecular flexibility index (Phi) is 3.65. The highest BCUT2D eigenvalue weighted by Gasteiger charge is 2.19. The van der Waals surface area contributed by atoms with Crippen LogP contribution in [0.4, 0.5) is 0 Å². The molecule has 1 aromatic heterocycles. The first kappa shape index (κ1) is 15.3. The van der Waals surface area contributed by atoms with Crippen LogP contribution in [0.15, 0.2) is 48.8 Å². The van der Waals surface area contributed by atoms with E-state index in [0.717, 1.165) is 23.2 Å². The second-order valence-electron chi connectivity index (χ2n) is 5.85. The number of rotatable bonds is 3. The number of phenolic OH excluding ortho intramolecular Hbond substituents is 1. The molecule has 1 amide bonds. The van der Waals surface area contributed by atoms with Gasteiger partial charge in [0.05, 0.1) is 12.7 Å². The highest BCUT2D eigenvalue weighted by Crippen LogP contribution is 2.33. The minimum Gasteiger partial charge on any atom is -0.508 e. The highest BCUT2D eigenvalue weighted by molar-refractivity contribution is 5.97. The lowest BCUT2D eigenvalue weighted by molar-refractivity contribution is 0.0946. The van der Waals surface area contributed by atoms with E-state index in [9.17, 15) is 9.90 Å². The van der Waals surface area contributed by atoms with Crippen LogP contribution in [0, 0.1) is 0 Å². The molecule has 0 atom stereocenters. The van der Waals surface area contributed by atoms with Crippen molar-refractivity contribution in [3.63, 3.8) is 0 Å². The van der Waals surface area contributed by atoms with Crippen LogP contribution >= 0.6 is 0 Å². The molecule has 0 spiro atoms. The van der Waals surface area contributed by atoms with Crippen molar-refractivity contribution in [2.75, 3.05) is 13.7 Å². The molecule has 2 aromatic carbocycles. The molecule has 1 aliphatic heterocycles. The highest BCUT2D eigenvalue weighted by atomic mass is 16.5. The van der Waals surface area contributed by atoms with Gasteiger partial charge in [0.25, 0.3) is 5.91 Å². The molecule has 2 N–H and O–H groups in total. The van der Waals surface area contributed by atoms with Crippen LogP contribution in [0.3, 0.4) is 0 Å². The van der Waals surface area contributed by atoms with E-state index in [1.165, 1.54) is 0 Å². The maximum atomic E-state index is 12.1. The number of nitrogens with one attached hydrogen (secondary N) is 1. The van der Waals surface area contributed by atoms with Crippen LogP contribution < -0.4 is 10.1 Å². The molecule has 4 rings (SSSR count). The van der Waals surface area contributed by atoms with Crippen molar-refractivity contribution in [2.45, 2.75) is 6.42 Å². The van der Waals surface area contributed by atoms with Crippen LogP contribution in [0.1, 0.15) is 15.9 Å². The van der Waals surface area contributed by atoms with Crippen molar-refractivity contribution in [3.05, 3.63) is 59.9 Å². The number of imidazole rings is 1. The van der Waals surface area contributed by atoms with E-state index in [1.54, 1.807) is 31.5 Å². The summed E-state index contributed by atoms with van der Waals surface area (Å²) in [5, 5.41) is 12.5. The van der Waals surface area contributed by atoms with Gasteiger partial charge in [0, 0.05) is 36.3 Å². The van der Waals surface area contributed by atoms with Crippen molar-refractivity contribution in [3.8, 4) is 28.6 Å². The molecule has 0 aliphatic carbocycles. The fourth-order valence-corrected chi connectivity index (χ4v) is 3.13. The number of nitrogens with zero attached hydrogens (tertiary/aromatic N) is 2. The van der Waals surface area contributed by atoms with Gasteiger partial charge in [-0.25, -0.2) is 4.98 Å². The second-order valence-corrected chi connectivity index (χ2v) is 5.85. The molecule has 3 aromatic rings. The lowest BCUT2D eigenvalue weighted by atomic mass is 9.99. The third-order valence-corrected chi connectivity index (χ3v) is 4.36. The number of aromatic nitrogens is 2. The van der Waals surface area contributed by atoms with Gasteiger partial charge in [-0.05, 0) is 36.2 Å². The van der Waals surface area contributed by atoms with E-state index in [2.05, 4.69) is 10.3 Å². The first-order valence-corrected chi connectivity index (χ1v) is 7.99. The van der Waals surface area contributed by atoms with Crippen LogP contribution in [-0.4, -0.2) is 34.2 Å². The van der Waals surface area contributed by atoms with Gasteiger partial charge in [-0.1, -0.05) is 6.07 Å². The van der Waals surface area contributed by atoms with E-state index in [4.69, 9.17) is 4.74 Å². The Bertz CT molecular complexity index is 962. The minimum atomic E-state index is -0.0491. The van der Waals surface area contributed by atoms with E-state index in [-0.39, 0.29) is 11.7 Å². The second kappa shape index (κ2) is 5.98. The zero-order valence-electron chi connectivity index (χ0n) is 13.7. The number of fused-ring (bicyclic) bond motifs is 1. The summed E-state index contributed by atoms with van der Waals surface area (Å²) in [5.74, 6) is 1.28. The van der Waals surface area contributed by atoms with E-state index < -0.39 is 0 Å². The fraction of sp³-hybridized carbons (Fsp3) is 0.158. The summed E-state index contributed by atoms with van der Waals surface area (Å²) < 4.78 is 7.27. The third kappa shape index (κ3) is 2.61. The summed E-state index contributed by atoms with van der Waals surface area (Å²) in [7, 11) is 1.55. The number of phenols is 1. The maximum absolute atomic E-state index is 12.1. The number of hydrogen-bond acceptors (Lipinski definition) is 4. The first-order valence-electron chi connectivity index (χ1n) is 7.99.